The second kappa shape index (κ2) is 5.49. The Morgan fingerprint density at radius 3 is 2.17 bits per heavy atom. The number of halogens is 3. The highest BCUT2D eigenvalue weighted by Gasteiger charge is 2.06. The minimum Gasteiger partial charge on any atom is -0.353 e. The zero-order valence-corrected chi connectivity index (χ0v) is 11.3. The summed E-state index contributed by atoms with van der Waals surface area (Å²) < 4.78 is 0. The Morgan fingerprint density at radius 1 is 0.889 bits per heavy atom. The van der Waals surface area contributed by atoms with Crippen LogP contribution in [0, 0.1) is 11.3 Å². The number of nitrogens with one attached hydrogen (secondary N) is 1. The van der Waals surface area contributed by atoms with E-state index in [1.54, 1.807) is 36.4 Å². The Labute approximate surface area is 120 Å². The molecule has 0 heterocycles. The van der Waals surface area contributed by atoms with Crippen molar-refractivity contribution < 1.29 is 0 Å². The first-order valence-corrected chi connectivity index (χ1v) is 6.15. The van der Waals surface area contributed by atoms with Gasteiger partial charge in [0.25, 0.3) is 0 Å². The molecule has 1 N–H and O–H groups in total. The maximum absolute atomic E-state index is 9.02. The number of nitrogens with zero attached hydrogens (tertiary/aromatic N) is 1. The summed E-state index contributed by atoms with van der Waals surface area (Å²) >= 11 is 17.8. The van der Waals surface area contributed by atoms with Crippen LogP contribution in [0.1, 0.15) is 5.56 Å². The summed E-state index contributed by atoms with van der Waals surface area (Å²) in [7, 11) is 0. The second-order valence-corrected chi connectivity index (χ2v) is 4.83. The Hall–Kier alpha value is -1.40. The van der Waals surface area contributed by atoms with Crippen molar-refractivity contribution in [2.45, 2.75) is 0 Å². The molecule has 2 aromatic carbocycles. The summed E-state index contributed by atoms with van der Waals surface area (Å²) in [5, 5.41) is 13.7. The summed E-state index contributed by atoms with van der Waals surface area (Å²) in [4.78, 5) is 0. The maximum atomic E-state index is 9.02. The van der Waals surface area contributed by atoms with Gasteiger partial charge in [0.2, 0.25) is 0 Å². The van der Waals surface area contributed by atoms with Crippen LogP contribution in [0.5, 0.6) is 0 Å². The van der Waals surface area contributed by atoms with Gasteiger partial charge in [-0.3, -0.25) is 0 Å². The molecule has 0 spiro atoms. The normalized spacial score (nSPS) is 9.89. The molecule has 0 aliphatic rings. The van der Waals surface area contributed by atoms with Gasteiger partial charge in [-0.2, -0.15) is 5.26 Å². The van der Waals surface area contributed by atoms with E-state index in [4.69, 9.17) is 40.1 Å². The van der Waals surface area contributed by atoms with Crippen LogP contribution in [-0.4, -0.2) is 0 Å². The highest BCUT2D eigenvalue weighted by Crippen LogP contribution is 2.30. The quantitative estimate of drug-likeness (QED) is 0.820. The topological polar surface area (TPSA) is 35.8 Å². The van der Waals surface area contributed by atoms with Crippen LogP contribution < -0.4 is 5.32 Å². The lowest BCUT2D eigenvalue weighted by Gasteiger charge is -2.10. The second-order valence-electron chi connectivity index (χ2n) is 3.55. The van der Waals surface area contributed by atoms with E-state index < -0.39 is 0 Å². The van der Waals surface area contributed by atoms with Gasteiger partial charge in [0, 0.05) is 10.0 Å². The maximum Gasteiger partial charge on any atom is 0.101 e. The van der Waals surface area contributed by atoms with E-state index >= 15 is 0 Å². The zero-order valence-electron chi connectivity index (χ0n) is 9.05. The highest BCUT2D eigenvalue weighted by atomic mass is 35.5. The van der Waals surface area contributed by atoms with Crippen LogP contribution in [0.2, 0.25) is 15.1 Å². The average Bonchev–Trinajstić information content (AvgIpc) is 2.34. The molecular weight excluding hydrogens is 291 g/mol. The van der Waals surface area contributed by atoms with Crippen LogP contribution in [-0.2, 0) is 0 Å². The molecule has 0 aromatic heterocycles. The van der Waals surface area contributed by atoms with E-state index in [2.05, 4.69) is 11.4 Å². The van der Waals surface area contributed by atoms with Crippen molar-refractivity contribution in [2.75, 3.05) is 5.32 Å². The Kier molecular flexibility index (Phi) is 3.98. The molecule has 2 aromatic rings. The molecule has 0 unspecified atom stereocenters. The molecule has 0 atom stereocenters. The lowest BCUT2D eigenvalue weighted by Crippen LogP contribution is -1.94. The minimum absolute atomic E-state index is 0.482. The molecule has 0 radical (unpaired) electrons. The van der Waals surface area contributed by atoms with Crippen molar-refractivity contribution in [3.63, 3.8) is 0 Å². The van der Waals surface area contributed by atoms with Crippen molar-refractivity contribution >= 4 is 46.2 Å². The average molecular weight is 298 g/mol. The van der Waals surface area contributed by atoms with E-state index in [9.17, 15) is 0 Å². The smallest absolute Gasteiger partial charge is 0.101 e. The third kappa shape index (κ3) is 2.88. The molecule has 0 saturated heterocycles. The van der Waals surface area contributed by atoms with Crippen molar-refractivity contribution in [3.8, 4) is 6.07 Å². The molecule has 0 aliphatic carbocycles. The first-order valence-electron chi connectivity index (χ1n) is 5.02. The number of nitriles is 1. The minimum atomic E-state index is 0.482. The Morgan fingerprint density at radius 2 is 1.50 bits per heavy atom. The van der Waals surface area contributed by atoms with Gasteiger partial charge in [0.15, 0.2) is 0 Å². The van der Waals surface area contributed by atoms with Gasteiger partial charge in [-0.25, -0.2) is 0 Å². The van der Waals surface area contributed by atoms with E-state index in [1.165, 1.54) is 0 Å². The number of hydrogen-bond acceptors (Lipinski definition) is 2. The molecule has 90 valence electrons. The van der Waals surface area contributed by atoms with Gasteiger partial charge in [-0.15, -0.1) is 0 Å². The monoisotopic (exact) mass is 296 g/mol. The van der Waals surface area contributed by atoms with Gasteiger partial charge < -0.3 is 5.32 Å². The van der Waals surface area contributed by atoms with Crippen molar-refractivity contribution in [1.82, 2.24) is 0 Å². The predicted octanol–water partition coefficient (Wildman–Crippen LogP) is 5.26. The lowest BCUT2D eigenvalue weighted by atomic mass is 10.2. The zero-order chi connectivity index (χ0) is 13.1. The summed E-state index contributed by atoms with van der Waals surface area (Å²) in [6, 6.07) is 12.1. The van der Waals surface area contributed by atoms with Gasteiger partial charge in [-0.1, -0.05) is 34.8 Å². The molecule has 5 heteroatoms. The van der Waals surface area contributed by atoms with Gasteiger partial charge in [0.1, 0.15) is 6.07 Å². The summed E-state index contributed by atoms with van der Waals surface area (Å²) in [5.41, 5.74) is 1.70. The van der Waals surface area contributed by atoms with Crippen LogP contribution in [0.25, 0.3) is 0 Å². The molecule has 0 amide bonds. The molecular formula is C13H7Cl3N2. The number of benzene rings is 2. The molecule has 0 aliphatic heterocycles. The fourth-order valence-electron chi connectivity index (χ4n) is 1.46. The van der Waals surface area contributed by atoms with Gasteiger partial charge in [-0.05, 0) is 36.4 Å². The lowest BCUT2D eigenvalue weighted by molar-refractivity contribution is 1.46. The van der Waals surface area contributed by atoms with E-state index in [-0.39, 0.29) is 0 Å². The van der Waals surface area contributed by atoms with Crippen molar-refractivity contribution in [3.05, 3.63) is 57.0 Å². The van der Waals surface area contributed by atoms with Gasteiger partial charge >= 0.3 is 0 Å². The van der Waals surface area contributed by atoms with E-state index in [0.717, 1.165) is 0 Å². The van der Waals surface area contributed by atoms with Crippen molar-refractivity contribution in [2.24, 2.45) is 0 Å². The number of anilines is 2. The molecule has 0 fully saturated rings. The summed E-state index contributed by atoms with van der Waals surface area (Å²) in [6.45, 7) is 0. The molecule has 18 heavy (non-hydrogen) atoms. The van der Waals surface area contributed by atoms with Crippen LogP contribution in [0.4, 0.5) is 11.4 Å². The Bertz CT molecular complexity index is 633. The molecule has 2 nitrogen and oxygen atoms in total. The number of rotatable bonds is 2. The third-order valence-corrected chi connectivity index (χ3v) is 3.10. The first-order chi connectivity index (χ1) is 8.60. The highest BCUT2D eigenvalue weighted by molar-refractivity contribution is 6.35. The SMILES string of the molecule is N#Cc1ccc(Cl)cc1Nc1cc(Cl)ccc1Cl. The third-order valence-electron chi connectivity index (χ3n) is 2.30. The van der Waals surface area contributed by atoms with E-state index in [0.29, 0.717) is 32.0 Å². The van der Waals surface area contributed by atoms with E-state index in [1.807, 2.05) is 0 Å². The largest absolute Gasteiger partial charge is 0.353 e. The Balaban J connectivity index is 2.43. The van der Waals surface area contributed by atoms with Crippen molar-refractivity contribution in [1.29, 1.82) is 5.26 Å². The summed E-state index contributed by atoms with van der Waals surface area (Å²) in [5.74, 6) is 0. The van der Waals surface area contributed by atoms with Gasteiger partial charge in [0.05, 0.1) is 22.0 Å². The van der Waals surface area contributed by atoms with Crippen LogP contribution in [0.15, 0.2) is 36.4 Å². The molecule has 2 rings (SSSR count). The summed E-state index contributed by atoms with van der Waals surface area (Å²) in [6.07, 6.45) is 0. The molecule has 0 saturated carbocycles. The fraction of sp³-hybridized carbons (Fsp3) is 0. The van der Waals surface area contributed by atoms with Crippen LogP contribution >= 0.6 is 34.8 Å². The number of hydrogen-bond donors (Lipinski definition) is 1. The first kappa shape index (κ1) is 13.0. The molecule has 0 bridgehead atoms. The van der Waals surface area contributed by atoms with Crippen LogP contribution in [0.3, 0.4) is 0 Å². The standard InChI is InChI=1S/C13H7Cl3N2/c14-9-2-1-8(7-17)12(5-9)18-13-6-10(15)3-4-11(13)16/h1-6,18H. The fourth-order valence-corrected chi connectivity index (χ4v) is 1.96. The predicted molar refractivity (Wildman–Crippen MR) is 75.9 cm³/mol.